The van der Waals surface area contributed by atoms with E-state index >= 15 is 0 Å². The van der Waals surface area contributed by atoms with Crippen LogP contribution in [0.25, 0.3) is 17.5 Å². The van der Waals surface area contributed by atoms with E-state index in [0.29, 0.717) is 11.3 Å². The van der Waals surface area contributed by atoms with Gasteiger partial charge in [0.25, 0.3) is 0 Å². The normalized spacial score (nSPS) is 13.6. The second kappa shape index (κ2) is 10.5. The number of carbonyl (C=O) groups excluding carboxylic acids is 1. The molecule has 178 valence electrons. The molecular formula is C25H26F2N4O3. The summed E-state index contributed by atoms with van der Waals surface area (Å²) < 4.78 is 37.5. The first-order chi connectivity index (χ1) is 16.5. The topological polar surface area (TPSA) is 78.3 Å². The Balaban J connectivity index is 1.55. The van der Waals surface area contributed by atoms with Gasteiger partial charge in [0, 0.05) is 35.9 Å². The molecule has 1 amide bonds. The number of fused-ring (bicyclic) bond motifs is 1. The van der Waals surface area contributed by atoms with E-state index in [9.17, 15) is 13.6 Å². The maximum absolute atomic E-state index is 12.8. The van der Waals surface area contributed by atoms with Crippen molar-refractivity contribution >= 4 is 17.7 Å². The van der Waals surface area contributed by atoms with Gasteiger partial charge in [-0.1, -0.05) is 30.7 Å². The second-order valence-electron chi connectivity index (χ2n) is 8.01. The molecule has 0 aliphatic carbocycles. The van der Waals surface area contributed by atoms with Crippen LogP contribution in [-0.2, 0) is 17.8 Å². The summed E-state index contributed by atoms with van der Waals surface area (Å²) in [6, 6.07) is 10.5. The number of rotatable bonds is 7. The van der Waals surface area contributed by atoms with E-state index in [1.807, 2.05) is 25.1 Å². The largest absolute Gasteiger partial charge is 0.493 e. The zero-order valence-electron chi connectivity index (χ0n) is 19.1. The van der Waals surface area contributed by atoms with Gasteiger partial charge in [-0.2, -0.15) is 8.78 Å². The first-order valence-corrected chi connectivity index (χ1v) is 11.1. The number of nitrogens with zero attached hydrogens (tertiary/aromatic N) is 3. The molecule has 2 heterocycles. The zero-order valence-corrected chi connectivity index (χ0v) is 19.1. The second-order valence-corrected chi connectivity index (χ2v) is 8.01. The maximum Gasteiger partial charge on any atom is 0.387 e. The molecule has 34 heavy (non-hydrogen) atoms. The Morgan fingerprint density at radius 1 is 1.18 bits per heavy atom. The molecule has 1 aromatic heterocycles. The molecule has 4 rings (SSSR count). The monoisotopic (exact) mass is 468 g/mol. The van der Waals surface area contributed by atoms with Gasteiger partial charge in [0.1, 0.15) is 5.82 Å². The van der Waals surface area contributed by atoms with Crippen LogP contribution >= 0.6 is 0 Å². The number of ether oxygens (including phenoxy) is 2. The summed E-state index contributed by atoms with van der Waals surface area (Å²) >= 11 is 0. The van der Waals surface area contributed by atoms with E-state index in [4.69, 9.17) is 4.74 Å². The van der Waals surface area contributed by atoms with Crippen LogP contribution < -0.4 is 14.8 Å². The highest BCUT2D eigenvalue weighted by atomic mass is 19.3. The minimum atomic E-state index is -3.02. The Labute approximate surface area is 196 Å². The Bertz CT molecular complexity index is 1210. The quantitative estimate of drug-likeness (QED) is 0.480. The lowest BCUT2D eigenvalue weighted by Crippen LogP contribution is -2.10. The highest BCUT2D eigenvalue weighted by Crippen LogP contribution is 2.33. The molecule has 1 aliphatic heterocycles. The molecule has 0 saturated heterocycles. The van der Waals surface area contributed by atoms with Gasteiger partial charge in [-0.3, -0.25) is 4.79 Å². The van der Waals surface area contributed by atoms with Crippen LogP contribution in [0, 0.1) is 6.92 Å². The minimum absolute atomic E-state index is 0.130. The third kappa shape index (κ3) is 5.24. The number of carbonyl (C=O) groups is 1. The smallest absolute Gasteiger partial charge is 0.387 e. The van der Waals surface area contributed by atoms with Crippen molar-refractivity contribution in [2.75, 3.05) is 12.4 Å². The van der Waals surface area contributed by atoms with Gasteiger partial charge in [-0.05, 0) is 43.5 Å². The fourth-order valence-corrected chi connectivity index (χ4v) is 3.97. The van der Waals surface area contributed by atoms with Crippen molar-refractivity contribution in [1.82, 2.24) is 14.8 Å². The van der Waals surface area contributed by atoms with Gasteiger partial charge in [0.2, 0.25) is 5.91 Å². The molecule has 0 bridgehead atoms. The predicted octanol–water partition coefficient (Wildman–Crippen LogP) is 5.24. The van der Waals surface area contributed by atoms with Gasteiger partial charge in [-0.25, -0.2) is 0 Å². The maximum atomic E-state index is 12.8. The molecule has 3 aromatic rings. The number of aryl methyl sites for hydroxylation is 2. The molecule has 7 nitrogen and oxygen atoms in total. The fourth-order valence-electron chi connectivity index (χ4n) is 3.97. The molecule has 0 spiro atoms. The van der Waals surface area contributed by atoms with Crippen LogP contribution in [0.5, 0.6) is 11.5 Å². The number of para-hydroxylation sites is 1. The van der Waals surface area contributed by atoms with Crippen molar-refractivity contribution in [2.24, 2.45) is 0 Å². The predicted molar refractivity (Wildman–Crippen MR) is 125 cm³/mol. The van der Waals surface area contributed by atoms with Crippen molar-refractivity contribution in [3.63, 3.8) is 0 Å². The van der Waals surface area contributed by atoms with Crippen molar-refractivity contribution < 1.29 is 23.0 Å². The summed E-state index contributed by atoms with van der Waals surface area (Å²) in [5.41, 5.74) is 2.68. The van der Waals surface area contributed by atoms with Crippen LogP contribution in [0.1, 0.15) is 36.2 Å². The standard InChI is InChI=1S/C25H26F2N4O3/c1-16-10-11-18(24-30-29-21-9-4-3-5-14-31(21)24)15-19(16)28-22(32)13-12-17-7-6-8-20(33-2)23(17)34-25(26)27/h6-8,10-13,15,25H,3-5,9,14H2,1-2H3,(H,28,32)/b13-12+. The van der Waals surface area contributed by atoms with E-state index < -0.39 is 12.5 Å². The van der Waals surface area contributed by atoms with E-state index in [0.717, 1.165) is 48.6 Å². The summed E-state index contributed by atoms with van der Waals surface area (Å²) in [6.45, 7) is -0.251. The van der Waals surface area contributed by atoms with E-state index in [1.165, 1.54) is 31.7 Å². The first-order valence-electron chi connectivity index (χ1n) is 11.1. The molecule has 0 atom stereocenters. The van der Waals surface area contributed by atoms with Crippen LogP contribution in [-0.4, -0.2) is 34.4 Å². The molecule has 9 heteroatoms. The van der Waals surface area contributed by atoms with Crippen molar-refractivity contribution in [2.45, 2.75) is 45.8 Å². The third-order valence-corrected chi connectivity index (χ3v) is 5.71. The molecule has 0 radical (unpaired) electrons. The summed E-state index contributed by atoms with van der Waals surface area (Å²) in [4.78, 5) is 12.7. The van der Waals surface area contributed by atoms with Crippen LogP contribution in [0.3, 0.4) is 0 Å². The number of anilines is 1. The van der Waals surface area contributed by atoms with Crippen molar-refractivity contribution in [3.8, 4) is 22.9 Å². The zero-order chi connectivity index (χ0) is 24.1. The van der Waals surface area contributed by atoms with Gasteiger partial charge < -0.3 is 19.4 Å². The lowest BCUT2D eigenvalue weighted by Gasteiger charge is -2.12. The Kier molecular flexibility index (Phi) is 7.20. The number of amides is 1. The van der Waals surface area contributed by atoms with E-state index in [1.54, 1.807) is 12.1 Å². The van der Waals surface area contributed by atoms with Crippen LogP contribution in [0.15, 0.2) is 42.5 Å². The number of aromatic nitrogens is 3. The summed E-state index contributed by atoms with van der Waals surface area (Å²) in [5.74, 6) is 1.38. The molecule has 1 N–H and O–H groups in total. The van der Waals surface area contributed by atoms with Crippen LogP contribution in [0.2, 0.25) is 0 Å². The minimum Gasteiger partial charge on any atom is -0.493 e. The Morgan fingerprint density at radius 3 is 2.82 bits per heavy atom. The Morgan fingerprint density at radius 2 is 2.03 bits per heavy atom. The number of hydrogen-bond donors (Lipinski definition) is 1. The van der Waals surface area contributed by atoms with E-state index in [2.05, 4.69) is 24.8 Å². The van der Waals surface area contributed by atoms with Gasteiger partial charge in [0.05, 0.1) is 7.11 Å². The number of alkyl halides is 2. The molecule has 2 aromatic carbocycles. The molecule has 1 aliphatic rings. The number of methoxy groups -OCH3 is 1. The van der Waals surface area contributed by atoms with Gasteiger partial charge >= 0.3 is 6.61 Å². The summed E-state index contributed by atoms with van der Waals surface area (Å²) in [5, 5.41) is 11.6. The number of halogens is 2. The lowest BCUT2D eigenvalue weighted by atomic mass is 10.1. The van der Waals surface area contributed by atoms with E-state index in [-0.39, 0.29) is 11.5 Å². The fraction of sp³-hybridized carbons (Fsp3) is 0.320. The first kappa shape index (κ1) is 23.4. The average molecular weight is 469 g/mol. The molecule has 0 saturated carbocycles. The highest BCUT2D eigenvalue weighted by Gasteiger charge is 2.17. The number of benzene rings is 2. The average Bonchev–Trinajstić information content (AvgIpc) is 3.07. The highest BCUT2D eigenvalue weighted by molar-refractivity contribution is 6.02. The number of nitrogens with one attached hydrogen (secondary N) is 1. The number of hydrogen-bond acceptors (Lipinski definition) is 5. The Hall–Kier alpha value is -3.75. The molecular weight excluding hydrogens is 442 g/mol. The SMILES string of the molecule is COc1cccc(/C=C/C(=O)Nc2cc(-c3nnc4n3CCCCC4)ccc2C)c1OC(F)F. The summed E-state index contributed by atoms with van der Waals surface area (Å²) in [6.07, 6.45) is 6.95. The molecule has 0 unspecified atom stereocenters. The van der Waals surface area contributed by atoms with Crippen molar-refractivity contribution in [3.05, 3.63) is 59.4 Å². The third-order valence-electron chi connectivity index (χ3n) is 5.71. The summed E-state index contributed by atoms with van der Waals surface area (Å²) in [7, 11) is 1.36. The van der Waals surface area contributed by atoms with Gasteiger partial charge in [0.15, 0.2) is 17.3 Å². The lowest BCUT2D eigenvalue weighted by molar-refractivity contribution is -0.111. The van der Waals surface area contributed by atoms with Gasteiger partial charge in [-0.15, -0.1) is 10.2 Å². The van der Waals surface area contributed by atoms with Crippen LogP contribution in [0.4, 0.5) is 14.5 Å². The van der Waals surface area contributed by atoms with Crippen molar-refractivity contribution in [1.29, 1.82) is 0 Å². The molecule has 0 fully saturated rings.